The van der Waals surface area contributed by atoms with Gasteiger partial charge in [0.2, 0.25) is 5.91 Å². The van der Waals surface area contributed by atoms with E-state index >= 15 is 0 Å². The van der Waals surface area contributed by atoms with Crippen molar-refractivity contribution < 1.29 is 4.79 Å². The summed E-state index contributed by atoms with van der Waals surface area (Å²) in [6.45, 7) is 4.23. The summed E-state index contributed by atoms with van der Waals surface area (Å²) in [6.07, 6.45) is 2.77. The van der Waals surface area contributed by atoms with Crippen molar-refractivity contribution in [2.24, 2.45) is 5.73 Å². The van der Waals surface area contributed by atoms with Gasteiger partial charge in [0, 0.05) is 18.5 Å². The predicted octanol–water partition coefficient (Wildman–Crippen LogP) is 2.07. The summed E-state index contributed by atoms with van der Waals surface area (Å²) >= 11 is 0. The lowest BCUT2D eigenvalue weighted by molar-refractivity contribution is -0.129. The van der Waals surface area contributed by atoms with Crippen LogP contribution in [0.5, 0.6) is 0 Å². The van der Waals surface area contributed by atoms with E-state index in [1.165, 1.54) is 16.7 Å². The van der Waals surface area contributed by atoms with Gasteiger partial charge >= 0.3 is 0 Å². The maximum atomic E-state index is 12.1. The Morgan fingerprint density at radius 3 is 2.39 bits per heavy atom. The highest BCUT2D eigenvalue weighted by molar-refractivity contribution is 5.81. The SMILES string of the molecule is Cc1cccc(C)c1C1C(N)CC(=O)N1C1CC1. The molecule has 0 spiro atoms. The molecule has 0 radical (unpaired) electrons. The molecular formula is C15H20N2O. The third-order valence-corrected chi connectivity index (χ3v) is 4.18. The summed E-state index contributed by atoms with van der Waals surface area (Å²) in [6, 6.07) is 6.77. The first-order valence-corrected chi connectivity index (χ1v) is 6.72. The van der Waals surface area contributed by atoms with E-state index in [2.05, 4.69) is 36.9 Å². The number of hydrogen-bond donors (Lipinski definition) is 1. The first-order chi connectivity index (χ1) is 8.59. The molecule has 2 aliphatic rings. The Labute approximate surface area is 108 Å². The van der Waals surface area contributed by atoms with Gasteiger partial charge in [-0.3, -0.25) is 4.79 Å². The summed E-state index contributed by atoms with van der Waals surface area (Å²) in [5, 5.41) is 0. The highest BCUT2D eigenvalue weighted by Gasteiger charge is 2.46. The molecule has 0 bridgehead atoms. The van der Waals surface area contributed by atoms with Crippen LogP contribution in [0.1, 0.15) is 42.0 Å². The van der Waals surface area contributed by atoms with E-state index in [0.717, 1.165) is 12.8 Å². The second kappa shape index (κ2) is 4.09. The molecule has 0 aromatic heterocycles. The minimum Gasteiger partial charge on any atom is -0.331 e. The number of hydrogen-bond acceptors (Lipinski definition) is 2. The van der Waals surface area contributed by atoms with Crippen molar-refractivity contribution in [2.45, 2.75) is 51.2 Å². The quantitative estimate of drug-likeness (QED) is 0.865. The molecule has 2 atom stereocenters. The first kappa shape index (κ1) is 11.7. The molecule has 1 saturated heterocycles. The highest BCUT2D eigenvalue weighted by Crippen LogP contribution is 2.42. The minimum atomic E-state index is -0.0575. The van der Waals surface area contributed by atoms with Gasteiger partial charge in [0.1, 0.15) is 0 Å². The zero-order valence-electron chi connectivity index (χ0n) is 11.0. The summed E-state index contributed by atoms with van der Waals surface area (Å²) in [4.78, 5) is 14.2. The Balaban J connectivity index is 2.05. The second-order valence-electron chi connectivity index (χ2n) is 5.65. The predicted molar refractivity (Wildman–Crippen MR) is 71.1 cm³/mol. The Morgan fingerprint density at radius 2 is 1.83 bits per heavy atom. The van der Waals surface area contributed by atoms with Crippen molar-refractivity contribution in [3.8, 4) is 0 Å². The fourth-order valence-corrected chi connectivity index (χ4v) is 3.21. The number of carbonyl (C=O) groups excluding carboxylic acids is 1. The molecule has 1 aromatic rings. The number of aryl methyl sites for hydroxylation is 2. The van der Waals surface area contributed by atoms with Crippen LogP contribution in [0.25, 0.3) is 0 Å². The minimum absolute atomic E-state index is 0.0575. The number of likely N-dealkylation sites (tertiary alicyclic amines) is 1. The molecule has 1 aliphatic heterocycles. The molecule has 96 valence electrons. The Hall–Kier alpha value is -1.35. The van der Waals surface area contributed by atoms with Crippen LogP contribution in [0, 0.1) is 13.8 Å². The van der Waals surface area contributed by atoms with Gasteiger partial charge in [-0.1, -0.05) is 18.2 Å². The summed E-state index contributed by atoms with van der Waals surface area (Å²) in [5.41, 5.74) is 9.99. The van der Waals surface area contributed by atoms with Crippen LogP contribution in [0.4, 0.5) is 0 Å². The molecule has 1 amide bonds. The second-order valence-corrected chi connectivity index (χ2v) is 5.65. The van der Waals surface area contributed by atoms with Crippen molar-refractivity contribution in [3.05, 3.63) is 34.9 Å². The van der Waals surface area contributed by atoms with Crippen LogP contribution in [-0.4, -0.2) is 22.9 Å². The third-order valence-electron chi connectivity index (χ3n) is 4.18. The molecular weight excluding hydrogens is 224 g/mol. The molecule has 1 saturated carbocycles. The lowest BCUT2D eigenvalue weighted by atomic mass is 9.92. The van der Waals surface area contributed by atoms with Crippen LogP contribution in [0.2, 0.25) is 0 Å². The van der Waals surface area contributed by atoms with E-state index < -0.39 is 0 Å². The maximum Gasteiger partial charge on any atom is 0.225 e. The van der Waals surface area contributed by atoms with Crippen LogP contribution < -0.4 is 5.73 Å². The fourth-order valence-electron chi connectivity index (χ4n) is 3.21. The average molecular weight is 244 g/mol. The maximum absolute atomic E-state index is 12.1. The first-order valence-electron chi connectivity index (χ1n) is 6.72. The number of nitrogens with two attached hydrogens (primary N) is 1. The van der Waals surface area contributed by atoms with Gasteiger partial charge in [-0.05, 0) is 43.4 Å². The van der Waals surface area contributed by atoms with Gasteiger partial charge in [0.15, 0.2) is 0 Å². The molecule has 1 aliphatic carbocycles. The zero-order chi connectivity index (χ0) is 12.9. The fraction of sp³-hybridized carbons (Fsp3) is 0.533. The van der Waals surface area contributed by atoms with E-state index in [1.54, 1.807) is 0 Å². The number of carbonyl (C=O) groups is 1. The van der Waals surface area contributed by atoms with E-state index in [1.807, 2.05) is 0 Å². The Morgan fingerprint density at radius 1 is 1.22 bits per heavy atom. The van der Waals surface area contributed by atoms with Crippen molar-refractivity contribution in [1.29, 1.82) is 0 Å². The van der Waals surface area contributed by atoms with Crippen LogP contribution in [-0.2, 0) is 4.79 Å². The summed E-state index contributed by atoms with van der Waals surface area (Å²) in [5.74, 6) is 0.234. The van der Waals surface area contributed by atoms with Crippen molar-refractivity contribution in [2.75, 3.05) is 0 Å². The lowest BCUT2D eigenvalue weighted by Crippen LogP contribution is -2.35. The smallest absolute Gasteiger partial charge is 0.225 e. The Kier molecular flexibility index (Phi) is 2.67. The van der Waals surface area contributed by atoms with E-state index in [4.69, 9.17) is 5.73 Å². The van der Waals surface area contributed by atoms with Gasteiger partial charge in [-0.25, -0.2) is 0 Å². The van der Waals surface area contributed by atoms with Gasteiger partial charge < -0.3 is 10.6 Å². The van der Waals surface area contributed by atoms with Crippen LogP contribution in [0.15, 0.2) is 18.2 Å². The average Bonchev–Trinajstić information content (AvgIpc) is 3.07. The van der Waals surface area contributed by atoms with Gasteiger partial charge in [0.25, 0.3) is 0 Å². The zero-order valence-corrected chi connectivity index (χ0v) is 11.0. The molecule has 1 aromatic carbocycles. The van der Waals surface area contributed by atoms with Crippen molar-refractivity contribution in [1.82, 2.24) is 4.90 Å². The molecule has 3 nitrogen and oxygen atoms in total. The summed E-state index contributed by atoms with van der Waals surface area (Å²) in [7, 11) is 0. The topological polar surface area (TPSA) is 46.3 Å². The summed E-state index contributed by atoms with van der Waals surface area (Å²) < 4.78 is 0. The molecule has 3 rings (SSSR count). The third kappa shape index (κ3) is 1.74. The molecule has 2 unspecified atom stereocenters. The number of rotatable bonds is 2. The largest absolute Gasteiger partial charge is 0.331 e. The molecule has 3 heteroatoms. The standard InChI is InChI=1S/C15H20N2O/c1-9-4-3-5-10(2)14(9)15-12(16)8-13(18)17(15)11-6-7-11/h3-5,11-12,15H,6-8,16H2,1-2H3. The highest BCUT2D eigenvalue weighted by atomic mass is 16.2. The van der Waals surface area contributed by atoms with E-state index in [0.29, 0.717) is 12.5 Å². The lowest BCUT2D eigenvalue weighted by Gasteiger charge is -2.29. The molecule has 2 N–H and O–H groups in total. The van der Waals surface area contributed by atoms with Gasteiger partial charge in [0.05, 0.1) is 6.04 Å². The monoisotopic (exact) mass is 244 g/mol. The van der Waals surface area contributed by atoms with Gasteiger partial charge in [-0.2, -0.15) is 0 Å². The number of amides is 1. The van der Waals surface area contributed by atoms with Crippen LogP contribution >= 0.6 is 0 Å². The van der Waals surface area contributed by atoms with Crippen molar-refractivity contribution >= 4 is 5.91 Å². The molecule has 2 fully saturated rings. The molecule has 18 heavy (non-hydrogen) atoms. The van der Waals surface area contributed by atoms with E-state index in [9.17, 15) is 4.79 Å². The van der Waals surface area contributed by atoms with Crippen LogP contribution in [0.3, 0.4) is 0 Å². The number of benzene rings is 1. The van der Waals surface area contributed by atoms with E-state index in [-0.39, 0.29) is 18.0 Å². The molecule has 1 heterocycles. The Bertz CT molecular complexity index is 473. The van der Waals surface area contributed by atoms with Crippen molar-refractivity contribution in [3.63, 3.8) is 0 Å². The number of nitrogens with zero attached hydrogens (tertiary/aromatic N) is 1. The van der Waals surface area contributed by atoms with Gasteiger partial charge in [-0.15, -0.1) is 0 Å². The normalized spacial score (nSPS) is 27.9.